The predicted molar refractivity (Wildman–Crippen MR) is 118 cm³/mol. The molecule has 1 aromatic heterocycles. The highest BCUT2D eigenvalue weighted by atomic mass is 35.5. The van der Waals surface area contributed by atoms with E-state index in [4.69, 9.17) is 32.4 Å². The van der Waals surface area contributed by atoms with E-state index >= 15 is 0 Å². The van der Waals surface area contributed by atoms with E-state index in [0.717, 1.165) is 5.56 Å². The van der Waals surface area contributed by atoms with Crippen molar-refractivity contribution in [1.82, 2.24) is 10.2 Å². The average Bonchev–Trinajstić information content (AvgIpc) is 3.08. The van der Waals surface area contributed by atoms with Crippen LogP contribution in [-0.2, 0) is 17.4 Å². The molecule has 0 atom stereocenters. The first-order valence-electron chi connectivity index (χ1n) is 9.50. The molecule has 0 unspecified atom stereocenters. The van der Waals surface area contributed by atoms with Gasteiger partial charge in [-0.15, -0.1) is 10.2 Å². The minimum Gasteiger partial charge on any atom is -0.482 e. The van der Waals surface area contributed by atoms with E-state index in [2.05, 4.69) is 69.9 Å². The average molecular weight is 433 g/mol. The maximum absolute atomic E-state index is 6.14. The van der Waals surface area contributed by atoms with Gasteiger partial charge in [-0.25, -0.2) is 0 Å². The van der Waals surface area contributed by atoms with Gasteiger partial charge in [-0.2, -0.15) is 0 Å². The van der Waals surface area contributed by atoms with Gasteiger partial charge < -0.3 is 9.15 Å². The third-order valence-corrected chi connectivity index (χ3v) is 5.15. The third kappa shape index (κ3) is 5.31. The van der Waals surface area contributed by atoms with Gasteiger partial charge in [0.2, 0.25) is 5.89 Å². The minimum atomic E-state index is 0.00725. The Morgan fingerprint density at radius 2 is 1.48 bits per heavy atom. The molecule has 6 heteroatoms. The standard InChI is InChI=1S/C23H26Cl2N2O2/c1-22(2,3)15-9-14(10-16(11-15)23(4,5)6)21-27-26-20(29-21)13-28-19-8-7-17(24)12-18(19)25/h7-12H,13H2,1-6H3. The molecule has 0 amide bonds. The highest BCUT2D eigenvalue weighted by molar-refractivity contribution is 6.35. The van der Waals surface area contributed by atoms with E-state index in [1.165, 1.54) is 11.1 Å². The summed E-state index contributed by atoms with van der Waals surface area (Å²) in [6, 6.07) is 11.5. The van der Waals surface area contributed by atoms with Gasteiger partial charge in [-0.1, -0.05) is 70.8 Å². The van der Waals surface area contributed by atoms with E-state index in [1.54, 1.807) is 18.2 Å². The van der Waals surface area contributed by atoms with Crippen LogP contribution in [0.3, 0.4) is 0 Å². The fourth-order valence-electron chi connectivity index (χ4n) is 2.78. The molecule has 29 heavy (non-hydrogen) atoms. The molecule has 0 radical (unpaired) electrons. The number of benzene rings is 2. The molecule has 3 rings (SSSR count). The summed E-state index contributed by atoms with van der Waals surface area (Å²) in [7, 11) is 0. The third-order valence-electron chi connectivity index (χ3n) is 4.62. The zero-order valence-electron chi connectivity index (χ0n) is 17.6. The first-order chi connectivity index (χ1) is 13.4. The van der Waals surface area contributed by atoms with Crippen LogP contribution in [0.1, 0.15) is 58.6 Å². The second-order valence-corrected chi connectivity index (χ2v) is 10.0. The van der Waals surface area contributed by atoms with Gasteiger partial charge in [0.15, 0.2) is 6.61 Å². The van der Waals surface area contributed by atoms with Crippen LogP contribution >= 0.6 is 23.2 Å². The molecule has 154 valence electrons. The van der Waals surface area contributed by atoms with E-state index in [0.29, 0.717) is 27.6 Å². The Kier molecular flexibility index (Phi) is 5.98. The van der Waals surface area contributed by atoms with Crippen molar-refractivity contribution in [2.45, 2.75) is 59.0 Å². The molecule has 0 bridgehead atoms. The number of ether oxygens (including phenoxy) is 1. The van der Waals surface area contributed by atoms with E-state index in [1.807, 2.05) is 0 Å². The van der Waals surface area contributed by atoms with E-state index in [-0.39, 0.29) is 17.4 Å². The molecule has 0 saturated heterocycles. The van der Waals surface area contributed by atoms with Crippen LogP contribution < -0.4 is 4.74 Å². The van der Waals surface area contributed by atoms with Crippen molar-refractivity contribution in [1.29, 1.82) is 0 Å². The quantitative estimate of drug-likeness (QED) is 0.436. The van der Waals surface area contributed by atoms with Gasteiger partial charge in [0.1, 0.15) is 5.75 Å². The van der Waals surface area contributed by atoms with E-state index in [9.17, 15) is 0 Å². The number of rotatable bonds is 4. The van der Waals surface area contributed by atoms with Crippen molar-refractivity contribution >= 4 is 23.2 Å². The number of halogens is 2. The van der Waals surface area contributed by atoms with Crippen LogP contribution in [0.25, 0.3) is 11.5 Å². The van der Waals surface area contributed by atoms with Gasteiger partial charge >= 0.3 is 0 Å². The summed E-state index contributed by atoms with van der Waals surface area (Å²) >= 11 is 12.1. The smallest absolute Gasteiger partial charge is 0.254 e. The highest BCUT2D eigenvalue weighted by Gasteiger charge is 2.22. The van der Waals surface area contributed by atoms with E-state index < -0.39 is 0 Å². The summed E-state index contributed by atoms with van der Waals surface area (Å²) in [6.07, 6.45) is 0. The number of aromatic nitrogens is 2. The van der Waals surface area contributed by atoms with Crippen LogP contribution in [0.5, 0.6) is 5.75 Å². The number of hydrogen-bond donors (Lipinski definition) is 0. The normalized spacial score (nSPS) is 12.3. The van der Waals surface area contributed by atoms with Gasteiger partial charge in [-0.3, -0.25) is 0 Å². The summed E-state index contributed by atoms with van der Waals surface area (Å²) in [5.41, 5.74) is 3.37. The molecule has 1 heterocycles. The summed E-state index contributed by atoms with van der Waals surface area (Å²) in [5, 5.41) is 9.35. The Balaban J connectivity index is 1.87. The maximum Gasteiger partial charge on any atom is 0.254 e. The number of nitrogens with zero attached hydrogens (tertiary/aromatic N) is 2. The monoisotopic (exact) mass is 432 g/mol. The summed E-state index contributed by atoms with van der Waals surface area (Å²) in [6.45, 7) is 13.3. The molecule has 0 N–H and O–H groups in total. The van der Waals surface area contributed by atoms with Crippen molar-refractivity contribution in [2.24, 2.45) is 0 Å². The lowest BCUT2D eigenvalue weighted by Gasteiger charge is -2.25. The zero-order valence-corrected chi connectivity index (χ0v) is 19.1. The molecule has 0 saturated carbocycles. The molecular formula is C23H26Cl2N2O2. The highest BCUT2D eigenvalue weighted by Crippen LogP contribution is 2.34. The van der Waals surface area contributed by atoms with Crippen LogP contribution in [0, 0.1) is 0 Å². The zero-order chi connectivity index (χ0) is 21.4. The largest absolute Gasteiger partial charge is 0.482 e. The molecule has 4 nitrogen and oxygen atoms in total. The van der Waals surface area contributed by atoms with Gasteiger partial charge in [0, 0.05) is 10.6 Å². The van der Waals surface area contributed by atoms with Crippen molar-refractivity contribution in [2.75, 3.05) is 0 Å². The van der Waals surface area contributed by atoms with Crippen LogP contribution in [0.2, 0.25) is 10.0 Å². The molecule has 0 aliphatic heterocycles. The minimum absolute atomic E-state index is 0.00725. The molecular weight excluding hydrogens is 407 g/mol. The summed E-state index contributed by atoms with van der Waals surface area (Å²) in [5.74, 6) is 1.37. The van der Waals surface area contributed by atoms with Crippen molar-refractivity contribution in [3.63, 3.8) is 0 Å². The first kappa shape index (κ1) is 21.7. The molecule has 0 aliphatic carbocycles. The Bertz CT molecular complexity index is 982. The second-order valence-electron chi connectivity index (χ2n) is 9.16. The lowest BCUT2D eigenvalue weighted by molar-refractivity contribution is 0.264. The van der Waals surface area contributed by atoms with Gasteiger partial charge in [0.05, 0.1) is 5.02 Å². The maximum atomic E-state index is 6.14. The Hall–Kier alpha value is -2.04. The fourth-order valence-corrected chi connectivity index (χ4v) is 3.24. The SMILES string of the molecule is CC(C)(C)c1cc(-c2nnc(COc3ccc(Cl)cc3Cl)o2)cc(C(C)(C)C)c1. The first-order valence-corrected chi connectivity index (χ1v) is 10.3. The predicted octanol–water partition coefficient (Wildman–Crippen LogP) is 7.22. The fraction of sp³-hybridized carbons (Fsp3) is 0.391. The Labute approximate surface area is 182 Å². The van der Waals surface area contributed by atoms with Crippen molar-refractivity contribution in [3.05, 3.63) is 63.5 Å². The lowest BCUT2D eigenvalue weighted by Crippen LogP contribution is -2.16. The molecule has 2 aromatic carbocycles. The molecule has 3 aromatic rings. The van der Waals surface area contributed by atoms with Gasteiger partial charge in [0.25, 0.3) is 5.89 Å². The Morgan fingerprint density at radius 3 is 2.03 bits per heavy atom. The number of hydrogen-bond acceptors (Lipinski definition) is 4. The van der Waals surface area contributed by atoms with Crippen molar-refractivity contribution in [3.8, 4) is 17.2 Å². The Morgan fingerprint density at radius 1 is 0.862 bits per heavy atom. The van der Waals surface area contributed by atoms with Gasteiger partial charge in [-0.05, 0) is 52.3 Å². The van der Waals surface area contributed by atoms with Crippen LogP contribution in [-0.4, -0.2) is 10.2 Å². The van der Waals surface area contributed by atoms with Crippen molar-refractivity contribution < 1.29 is 9.15 Å². The summed E-state index contributed by atoms with van der Waals surface area (Å²) in [4.78, 5) is 0. The molecule has 0 fully saturated rings. The summed E-state index contributed by atoms with van der Waals surface area (Å²) < 4.78 is 11.6. The second kappa shape index (κ2) is 8.00. The molecule has 0 aliphatic rings. The lowest BCUT2D eigenvalue weighted by atomic mass is 9.79. The van der Waals surface area contributed by atoms with Crippen LogP contribution in [0.4, 0.5) is 0 Å². The molecule has 0 spiro atoms. The topological polar surface area (TPSA) is 48.2 Å². The van der Waals surface area contributed by atoms with Crippen LogP contribution in [0.15, 0.2) is 40.8 Å².